The third kappa shape index (κ3) is 2.30. The van der Waals surface area contributed by atoms with Crippen LogP contribution in [0.2, 0.25) is 0 Å². The van der Waals surface area contributed by atoms with Gasteiger partial charge in [-0.2, -0.15) is 0 Å². The van der Waals surface area contributed by atoms with Gasteiger partial charge in [-0.15, -0.1) is 0 Å². The summed E-state index contributed by atoms with van der Waals surface area (Å²) in [5, 5.41) is -0.843. The second-order valence-corrected chi connectivity index (χ2v) is 7.32. The maximum atomic E-state index is 13.9. The van der Waals surface area contributed by atoms with Crippen LogP contribution in [-0.4, -0.2) is 25.3 Å². The molecule has 104 valence electrons. The number of benzene rings is 1. The summed E-state index contributed by atoms with van der Waals surface area (Å²) >= 11 is 0. The van der Waals surface area contributed by atoms with Crippen LogP contribution in [0.1, 0.15) is 19.4 Å². The molecule has 4 N–H and O–H groups in total. The Kier molecular flexibility index (Phi) is 3.04. The zero-order valence-electron chi connectivity index (χ0n) is 10.7. The molecule has 1 aliphatic heterocycles. The minimum atomic E-state index is -3.46. The van der Waals surface area contributed by atoms with Crippen molar-refractivity contribution in [2.24, 2.45) is 10.7 Å². The van der Waals surface area contributed by atoms with E-state index in [0.29, 0.717) is 5.69 Å². The van der Waals surface area contributed by atoms with Gasteiger partial charge < -0.3 is 11.5 Å². The molecule has 1 aromatic carbocycles. The molecule has 0 fully saturated rings. The molecule has 1 aliphatic rings. The van der Waals surface area contributed by atoms with Gasteiger partial charge in [0.25, 0.3) is 0 Å². The van der Waals surface area contributed by atoms with Gasteiger partial charge in [-0.3, -0.25) is 4.99 Å². The minimum absolute atomic E-state index is 0.00410. The van der Waals surface area contributed by atoms with Crippen molar-refractivity contribution in [3.63, 3.8) is 0 Å². The zero-order chi connectivity index (χ0) is 14.4. The van der Waals surface area contributed by atoms with Crippen molar-refractivity contribution in [2.45, 2.75) is 24.6 Å². The largest absolute Gasteiger partial charge is 0.399 e. The third-order valence-electron chi connectivity index (χ3n) is 3.38. The molecule has 2 atom stereocenters. The molecule has 0 saturated carbocycles. The first-order valence-electron chi connectivity index (χ1n) is 5.78. The number of sulfone groups is 1. The first-order valence-corrected chi connectivity index (χ1v) is 7.49. The molecule has 0 amide bonds. The Balaban J connectivity index is 2.64. The Morgan fingerprint density at radius 3 is 2.63 bits per heavy atom. The lowest BCUT2D eigenvalue weighted by molar-refractivity contribution is 0.486. The average Bonchev–Trinajstić information content (AvgIpc) is 2.28. The summed E-state index contributed by atoms with van der Waals surface area (Å²) in [5.41, 5.74) is 10.6. The van der Waals surface area contributed by atoms with Crippen molar-refractivity contribution >= 4 is 21.4 Å². The van der Waals surface area contributed by atoms with Gasteiger partial charge in [-0.05, 0) is 32.0 Å². The Morgan fingerprint density at radius 1 is 1.42 bits per heavy atom. The lowest BCUT2D eigenvalue weighted by atomic mass is 9.93. The molecule has 0 radical (unpaired) electrons. The third-order valence-corrected chi connectivity index (χ3v) is 5.67. The van der Waals surface area contributed by atoms with Crippen molar-refractivity contribution in [1.29, 1.82) is 0 Å². The van der Waals surface area contributed by atoms with Crippen molar-refractivity contribution in [3.8, 4) is 0 Å². The number of nitrogens with zero attached hydrogens (tertiary/aromatic N) is 1. The van der Waals surface area contributed by atoms with Gasteiger partial charge >= 0.3 is 0 Å². The van der Waals surface area contributed by atoms with E-state index in [1.165, 1.54) is 25.1 Å². The summed E-state index contributed by atoms with van der Waals surface area (Å²) in [4.78, 5) is 4.18. The van der Waals surface area contributed by atoms with Gasteiger partial charge in [0.15, 0.2) is 9.84 Å². The summed E-state index contributed by atoms with van der Waals surface area (Å²) in [6.07, 6.45) is 0. The molecule has 0 aliphatic carbocycles. The number of aliphatic imine (C=N–C) groups is 1. The number of hydrogen-bond donors (Lipinski definition) is 2. The fourth-order valence-corrected chi connectivity index (χ4v) is 3.88. The summed E-state index contributed by atoms with van der Waals surface area (Å²) in [6.45, 7) is 3.02. The minimum Gasteiger partial charge on any atom is -0.399 e. The molecule has 19 heavy (non-hydrogen) atoms. The van der Waals surface area contributed by atoms with Crippen molar-refractivity contribution in [1.82, 2.24) is 0 Å². The normalized spacial score (nSPS) is 29.8. The summed E-state index contributed by atoms with van der Waals surface area (Å²) in [5.74, 6) is -0.837. The van der Waals surface area contributed by atoms with E-state index in [1.54, 1.807) is 6.92 Å². The fraction of sp³-hybridized carbons (Fsp3) is 0.417. The van der Waals surface area contributed by atoms with Gasteiger partial charge in [-0.1, -0.05) is 0 Å². The smallest absolute Gasteiger partial charge is 0.162 e. The van der Waals surface area contributed by atoms with E-state index in [9.17, 15) is 12.8 Å². The summed E-state index contributed by atoms with van der Waals surface area (Å²) < 4.78 is 38.0. The molecule has 1 aromatic rings. The second kappa shape index (κ2) is 4.19. The van der Waals surface area contributed by atoms with E-state index in [1.807, 2.05) is 0 Å². The quantitative estimate of drug-likeness (QED) is 0.745. The molecular weight excluding hydrogens is 269 g/mol. The maximum absolute atomic E-state index is 13.9. The van der Waals surface area contributed by atoms with Crippen molar-refractivity contribution in [2.75, 3.05) is 11.5 Å². The molecule has 0 spiro atoms. The Hall–Kier alpha value is -1.63. The van der Waals surface area contributed by atoms with Crippen LogP contribution in [0.5, 0.6) is 0 Å². The van der Waals surface area contributed by atoms with Crippen LogP contribution >= 0.6 is 0 Å². The first kappa shape index (κ1) is 13.8. The van der Waals surface area contributed by atoms with Crippen LogP contribution in [0, 0.1) is 5.82 Å². The topological polar surface area (TPSA) is 98.5 Å². The Labute approximate surface area is 111 Å². The first-order chi connectivity index (χ1) is 8.66. The van der Waals surface area contributed by atoms with Crippen LogP contribution in [0.15, 0.2) is 23.2 Å². The number of halogens is 1. The van der Waals surface area contributed by atoms with Gasteiger partial charge in [0.1, 0.15) is 22.4 Å². The van der Waals surface area contributed by atoms with E-state index in [2.05, 4.69) is 4.99 Å². The molecule has 7 heteroatoms. The van der Waals surface area contributed by atoms with E-state index in [-0.39, 0.29) is 17.2 Å². The molecular formula is C12H16FN3O2S. The van der Waals surface area contributed by atoms with E-state index >= 15 is 0 Å². The van der Waals surface area contributed by atoms with E-state index in [0.717, 1.165) is 0 Å². The number of rotatable bonds is 1. The monoisotopic (exact) mass is 285 g/mol. The van der Waals surface area contributed by atoms with Crippen molar-refractivity contribution < 1.29 is 12.8 Å². The Morgan fingerprint density at radius 2 is 2.05 bits per heavy atom. The Bertz CT molecular complexity index is 657. The van der Waals surface area contributed by atoms with Gasteiger partial charge in [0.2, 0.25) is 0 Å². The van der Waals surface area contributed by atoms with E-state index < -0.39 is 26.4 Å². The van der Waals surface area contributed by atoms with E-state index in [4.69, 9.17) is 11.5 Å². The van der Waals surface area contributed by atoms with Crippen LogP contribution in [0.3, 0.4) is 0 Å². The van der Waals surface area contributed by atoms with Gasteiger partial charge in [0, 0.05) is 11.3 Å². The number of nitrogen functional groups attached to an aromatic ring is 1. The number of amidine groups is 1. The summed E-state index contributed by atoms with van der Waals surface area (Å²) in [7, 11) is -3.46. The molecule has 0 unspecified atom stereocenters. The van der Waals surface area contributed by atoms with Crippen LogP contribution in [0.4, 0.5) is 10.1 Å². The lowest BCUT2D eigenvalue weighted by Gasteiger charge is -2.33. The van der Waals surface area contributed by atoms with Crippen LogP contribution in [0.25, 0.3) is 0 Å². The number of nitrogens with two attached hydrogens (primary N) is 2. The van der Waals surface area contributed by atoms with Gasteiger partial charge in [-0.25, -0.2) is 12.8 Å². The highest BCUT2D eigenvalue weighted by molar-refractivity contribution is 7.92. The van der Waals surface area contributed by atoms with Crippen LogP contribution in [-0.2, 0) is 15.4 Å². The number of anilines is 1. The second-order valence-electron chi connectivity index (χ2n) is 5.00. The predicted octanol–water partition coefficient (Wildman–Crippen LogP) is 0.797. The molecule has 1 heterocycles. The highest BCUT2D eigenvalue weighted by atomic mass is 32.2. The standard InChI is InChI=1S/C12H16FN3O2S/c1-7-11(15)16-12(2,6-19(7,17)18)9-5-8(14)3-4-10(9)13/h3-5,7H,6,14H2,1-2H3,(H2,15,16)/t7-,12-/m0/s1. The zero-order valence-corrected chi connectivity index (χ0v) is 11.5. The summed E-state index contributed by atoms with van der Waals surface area (Å²) in [6, 6.07) is 4.01. The molecule has 5 nitrogen and oxygen atoms in total. The molecule has 0 aromatic heterocycles. The maximum Gasteiger partial charge on any atom is 0.162 e. The highest BCUT2D eigenvalue weighted by Gasteiger charge is 2.42. The average molecular weight is 285 g/mol. The van der Waals surface area contributed by atoms with Crippen molar-refractivity contribution in [3.05, 3.63) is 29.6 Å². The van der Waals surface area contributed by atoms with Gasteiger partial charge in [0.05, 0.1) is 5.75 Å². The molecule has 0 bridgehead atoms. The molecule has 0 saturated heterocycles. The SMILES string of the molecule is C[C@H]1C(N)=N[C@](C)(c2cc(N)ccc2F)CS1(=O)=O. The fourth-order valence-electron chi connectivity index (χ4n) is 2.20. The predicted molar refractivity (Wildman–Crippen MR) is 73.0 cm³/mol. The molecule has 2 rings (SSSR count). The highest BCUT2D eigenvalue weighted by Crippen LogP contribution is 2.34. The number of hydrogen-bond acceptors (Lipinski definition) is 5. The lowest BCUT2D eigenvalue weighted by Crippen LogP contribution is -2.47. The van der Waals surface area contributed by atoms with Crippen LogP contribution < -0.4 is 11.5 Å².